The zero-order valence-electron chi connectivity index (χ0n) is 9.14. The molecular weight excluding hydrogens is 225 g/mol. The van der Waals surface area contributed by atoms with Crippen molar-refractivity contribution in [3.05, 3.63) is 47.6 Å². The van der Waals surface area contributed by atoms with Crippen LogP contribution in [0.15, 0.2) is 41.2 Å². The van der Waals surface area contributed by atoms with Crippen LogP contribution in [-0.2, 0) is 14.3 Å². The number of ether oxygens (including phenoxy) is 2. The second-order valence-corrected chi connectivity index (χ2v) is 3.27. The van der Waals surface area contributed by atoms with Gasteiger partial charge in [-0.15, -0.1) is 0 Å². The summed E-state index contributed by atoms with van der Waals surface area (Å²) in [4.78, 5) is 15.3. The maximum Gasteiger partial charge on any atom is 0.367 e. The van der Waals surface area contributed by atoms with Gasteiger partial charge >= 0.3 is 5.97 Å². The first-order chi connectivity index (χ1) is 8.20. The standard InChI is InChI=1S/C12H10FNO3/c1-2-16-7-10-12(15)17-11(14-10)8-3-5-9(13)6-4-8/h3-7H,2H2,1H3/b10-7+. The first kappa shape index (κ1) is 11.3. The van der Waals surface area contributed by atoms with Gasteiger partial charge < -0.3 is 9.47 Å². The normalized spacial score (nSPS) is 16.9. The van der Waals surface area contributed by atoms with E-state index in [2.05, 4.69) is 4.99 Å². The van der Waals surface area contributed by atoms with Gasteiger partial charge in [0.2, 0.25) is 5.90 Å². The average molecular weight is 235 g/mol. The topological polar surface area (TPSA) is 47.9 Å². The molecule has 17 heavy (non-hydrogen) atoms. The van der Waals surface area contributed by atoms with Gasteiger partial charge in [0.1, 0.15) is 12.1 Å². The number of esters is 1. The van der Waals surface area contributed by atoms with E-state index in [1.807, 2.05) is 0 Å². The highest BCUT2D eigenvalue weighted by Gasteiger charge is 2.24. The highest BCUT2D eigenvalue weighted by Crippen LogP contribution is 2.16. The molecule has 0 bridgehead atoms. The van der Waals surface area contributed by atoms with Crippen molar-refractivity contribution in [2.75, 3.05) is 6.61 Å². The lowest BCUT2D eigenvalue weighted by Crippen LogP contribution is -2.05. The molecule has 0 aromatic heterocycles. The first-order valence-corrected chi connectivity index (χ1v) is 5.09. The van der Waals surface area contributed by atoms with E-state index in [0.29, 0.717) is 12.2 Å². The summed E-state index contributed by atoms with van der Waals surface area (Å²) in [5, 5.41) is 0. The number of halogens is 1. The van der Waals surface area contributed by atoms with E-state index in [4.69, 9.17) is 9.47 Å². The maximum atomic E-state index is 12.7. The minimum atomic E-state index is -0.572. The van der Waals surface area contributed by atoms with Crippen molar-refractivity contribution < 1.29 is 18.7 Å². The summed E-state index contributed by atoms with van der Waals surface area (Å²) in [5.74, 6) is -0.775. The number of hydrogen-bond donors (Lipinski definition) is 0. The molecule has 1 aliphatic rings. The van der Waals surface area contributed by atoms with Crippen LogP contribution in [0.2, 0.25) is 0 Å². The van der Waals surface area contributed by atoms with Gasteiger partial charge in [-0.3, -0.25) is 0 Å². The molecule has 1 aromatic rings. The van der Waals surface area contributed by atoms with Gasteiger partial charge in [0, 0.05) is 5.56 Å². The van der Waals surface area contributed by atoms with Gasteiger partial charge in [0.15, 0.2) is 5.70 Å². The Hall–Kier alpha value is -2.17. The zero-order valence-corrected chi connectivity index (χ0v) is 9.14. The van der Waals surface area contributed by atoms with E-state index in [9.17, 15) is 9.18 Å². The van der Waals surface area contributed by atoms with Crippen molar-refractivity contribution in [2.45, 2.75) is 6.92 Å². The predicted octanol–water partition coefficient (Wildman–Crippen LogP) is 2.01. The Morgan fingerprint density at radius 3 is 2.76 bits per heavy atom. The van der Waals surface area contributed by atoms with Gasteiger partial charge in [-0.05, 0) is 31.2 Å². The van der Waals surface area contributed by atoms with Crippen LogP contribution in [0.3, 0.4) is 0 Å². The summed E-state index contributed by atoms with van der Waals surface area (Å²) < 4.78 is 22.6. The summed E-state index contributed by atoms with van der Waals surface area (Å²) in [6.07, 6.45) is 1.25. The van der Waals surface area contributed by atoms with Crippen LogP contribution in [0.5, 0.6) is 0 Å². The molecule has 0 N–H and O–H groups in total. The van der Waals surface area contributed by atoms with E-state index in [0.717, 1.165) is 0 Å². The van der Waals surface area contributed by atoms with Gasteiger partial charge in [0.25, 0.3) is 0 Å². The monoisotopic (exact) mass is 235 g/mol. The molecule has 1 aliphatic heterocycles. The molecule has 0 aliphatic carbocycles. The summed E-state index contributed by atoms with van der Waals surface area (Å²) in [7, 11) is 0. The summed E-state index contributed by atoms with van der Waals surface area (Å²) in [6, 6.07) is 5.53. The van der Waals surface area contributed by atoms with Gasteiger partial charge in [-0.25, -0.2) is 14.2 Å². The number of carbonyl (C=O) groups is 1. The third-order valence-corrected chi connectivity index (χ3v) is 2.07. The van der Waals surface area contributed by atoms with Crippen LogP contribution >= 0.6 is 0 Å². The molecule has 0 unspecified atom stereocenters. The van der Waals surface area contributed by atoms with Crippen LogP contribution in [0, 0.1) is 5.82 Å². The molecule has 2 rings (SSSR count). The van der Waals surface area contributed by atoms with Crippen LogP contribution < -0.4 is 0 Å². The molecule has 0 spiro atoms. The summed E-state index contributed by atoms with van der Waals surface area (Å²) in [6.45, 7) is 2.24. The number of cyclic esters (lactones) is 1. The van der Waals surface area contributed by atoms with Crippen molar-refractivity contribution >= 4 is 11.9 Å². The lowest BCUT2D eigenvalue weighted by atomic mass is 10.2. The Kier molecular flexibility index (Phi) is 3.18. The second kappa shape index (κ2) is 4.78. The molecule has 1 aromatic carbocycles. The Morgan fingerprint density at radius 2 is 2.12 bits per heavy atom. The van der Waals surface area contributed by atoms with Gasteiger partial charge in [0.05, 0.1) is 6.61 Å². The molecule has 4 nitrogen and oxygen atoms in total. The smallest absolute Gasteiger partial charge is 0.367 e. The number of aliphatic imine (C=N–C) groups is 1. The first-order valence-electron chi connectivity index (χ1n) is 5.09. The Balaban J connectivity index is 2.24. The molecule has 0 amide bonds. The van der Waals surface area contributed by atoms with Crippen molar-refractivity contribution in [3.8, 4) is 0 Å². The minimum absolute atomic E-state index is 0.103. The minimum Gasteiger partial charge on any atom is -0.499 e. The van der Waals surface area contributed by atoms with Crippen molar-refractivity contribution in [3.63, 3.8) is 0 Å². The van der Waals surface area contributed by atoms with Crippen LogP contribution in [-0.4, -0.2) is 18.5 Å². The van der Waals surface area contributed by atoms with Crippen molar-refractivity contribution in [1.82, 2.24) is 0 Å². The molecular formula is C12H10FNO3. The van der Waals surface area contributed by atoms with Crippen LogP contribution in [0.4, 0.5) is 4.39 Å². The van der Waals surface area contributed by atoms with Crippen molar-refractivity contribution in [2.24, 2.45) is 4.99 Å². The lowest BCUT2D eigenvalue weighted by Gasteiger charge is -1.98. The van der Waals surface area contributed by atoms with E-state index in [-0.39, 0.29) is 17.4 Å². The molecule has 1 heterocycles. The Morgan fingerprint density at radius 1 is 1.41 bits per heavy atom. The van der Waals surface area contributed by atoms with E-state index in [1.54, 1.807) is 6.92 Å². The number of benzene rings is 1. The fourth-order valence-electron chi connectivity index (χ4n) is 1.27. The van der Waals surface area contributed by atoms with Gasteiger partial charge in [-0.1, -0.05) is 0 Å². The molecule has 88 valence electrons. The summed E-state index contributed by atoms with van der Waals surface area (Å²) >= 11 is 0. The van der Waals surface area contributed by atoms with E-state index in [1.165, 1.54) is 30.5 Å². The summed E-state index contributed by atoms with van der Waals surface area (Å²) in [5.41, 5.74) is 0.644. The Labute approximate surface area is 97.4 Å². The molecule has 0 atom stereocenters. The number of rotatable bonds is 3. The predicted molar refractivity (Wildman–Crippen MR) is 58.7 cm³/mol. The number of hydrogen-bond acceptors (Lipinski definition) is 4. The maximum absolute atomic E-state index is 12.7. The van der Waals surface area contributed by atoms with Crippen LogP contribution in [0.1, 0.15) is 12.5 Å². The molecule has 0 saturated carbocycles. The van der Waals surface area contributed by atoms with E-state index >= 15 is 0 Å². The highest BCUT2D eigenvalue weighted by molar-refractivity contribution is 6.10. The number of carbonyl (C=O) groups excluding carboxylic acids is 1. The SMILES string of the molecule is CCO/C=C1/N=C(c2ccc(F)cc2)OC1=O. The van der Waals surface area contributed by atoms with Gasteiger partial charge in [-0.2, -0.15) is 0 Å². The van der Waals surface area contributed by atoms with Crippen molar-refractivity contribution in [1.29, 1.82) is 0 Å². The molecule has 0 radical (unpaired) electrons. The third kappa shape index (κ3) is 2.50. The number of nitrogens with zero attached hydrogens (tertiary/aromatic N) is 1. The van der Waals surface area contributed by atoms with E-state index < -0.39 is 5.97 Å². The average Bonchev–Trinajstić information content (AvgIpc) is 2.69. The largest absolute Gasteiger partial charge is 0.499 e. The fraction of sp³-hybridized carbons (Fsp3) is 0.167. The second-order valence-electron chi connectivity index (χ2n) is 3.27. The fourth-order valence-corrected chi connectivity index (χ4v) is 1.27. The molecule has 0 saturated heterocycles. The van der Waals surface area contributed by atoms with Crippen LogP contribution in [0.25, 0.3) is 0 Å². The quantitative estimate of drug-likeness (QED) is 0.457. The lowest BCUT2D eigenvalue weighted by molar-refractivity contribution is -0.130. The third-order valence-electron chi connectivity index (χ3n) is 2.07. The molecule has 5 heteroatoms. The molecule has 0 fully saturated rings. The highest BCUT2D eigenvalue weighted by atomic mass is 19.1. The Bertz CT molecular complexity index is 491. The zero-order chi connectivity index (χ0) is 12.3.